The van der Waals surface area contributed by atoms with Crippen LogP contribution < -0.4 is 26.8 Å². The standard InChI is InChI=1S/C25H26ClN7O5S/c1-2-29-24(35)31-14-25(12-20(33-38-25)15-7-9-18(26)19(27)11-15)23(34)32-22-10-8-16(13-30-22)17-5-3-4-6-21(17)39(28,36)37/h3-11,13H,2,12,14,27H2,1H3,(H2,28,36,37)(H2,29,31,35)(H,30,32,34). The molecule has 0 aliphatic carbocycles. The molecule has 12 nitrogen and oxygen atoms in total. The van der Waals surface area contributed by atoms with E-state index in [-0.39, 0.29) is 23.7 Å². The predicted octanol–water partition coefficient (Wildman–Crippen LogP) is 2.45. The Hall–Kier alpha value is -4.20. The van der Waals surface area contributed by atoms with Gasteiger partial charge < -0.3 is 26.5 Å². The van der Waals surface area contributed by atoms with Gasteiger partial charge in [-0.15, -0.1) is 0 Å². The number of anilines is 2. The van der Waals surface area contributed by atoms with Gasteiger partial charge in [0.25, 0.3) is 5.91 Å². The molecule has 0 saturated carbocycles. The molecular weight excluding hydrogens is 546 g/mol. The highest BCUT2D eigenvalue weighted by atomic mass is 35.5. The molecule has 0 saturated heterocycles. The smallest absolute Gasteiger partial charge is 0.314 e. The van der Waals surface area contributed by atoms with Crippen molar-refractivity contribution in [1.82, 2.24) is 15.6 Å². The van der Waals surface area contributed by atoms with Crippen molar-refractivity contribution in [3.05, 3.63) is 71.4 Å². The maximum atomic E-state index is 13.5. The number of oxime groups is 1. The van der Waals surface area contributed by atoms with Crippen molar-refractivity contribution in [2.24, 2.45) is 10.3 Å². The van der Waals surface area contributed by atoms with Crippen LogP contribution in [0.4, 0.5) is 16.3 Å². The van der Waals surface area contributed by atoms with E-state index in [9.17, 15) is 18.0 Å². The first kappa shape index (κ1) is 27.8. The van der Waals surface area contributed by atoms with E-state index in [1.165, 1.54) is 18.3 Å². The minimum Gasteiger partial charge on any atom is -0.398 e. The minimum absolute atomic E-state index is 0.0200. The fraction of sp³-hybridized carbons (Fsp3) is 0.200. The third-order valence-electron chi connectivity index (χ3n) is 5.91. The molecule has 7 N–H and O–H groups in total. The van der Waals surface area contributed by atoms with Crippen LogP contribution in [0.15, 0.2) is 70.8 Å². The van der Waals surface area contributed by atoms with Gasteiger partial charge in [0.1, 0.15) is 5.82 Å². The molecule has 1 atom stereocenters. The Balaban J connectivity index is 1.56. The van der Waals surface area contributed by atoms with Crippen LogP contribution in [0, 0.1) is 0 Å². The Bertz CT molecular complexity index is 1550. The topological polar surface area (TPSA) is 191 Å². The number of nitrogens with two attached hydrogens (primary N) is 2. The van der Waals surface area contributed by atoms with Gasteiger partial charge in [0.05, 0.1) is 27.9 Å². The molecule has 14 heteroatoms. The fourth-order valence-corrected chi connectivity index (χ4v) is 4.79. The third-order valence-corrected chi connectivity index (χ3v) is 7.22. The lowest BCUT2D eigenvalue weighted by Gasteiger charge is -2.25. The molecule has 1 aliphatic rings. The van der Waals surface area contributed by atoms with Crippen LogP contribution >= 0.6 is 11.6 Å². The van der Waals surface area contributed by atoms with Crippen molar-refractivity contribution in [2.45, 2.75) is 23.8 Å². The largest absolute Gasteiger partial charge is 0.398 e. The number of pyridine rings is 1. The highest BCUT2D eigenvalue weighted by Crippen LogP contribution is 2.31. The summed E-state index contributed by atoms with van der Waals surface area (Å²) < 4.78 is 23.9. The summed E-state index contributed by atoms with van der Waals surface area (Å²) in [7, 11) is -3.96. The second-order valence-electron chi connectivity index (χ2n) is 8.68. The summed E-state index contributed by atoms with van der Waals surface area (Å²) in [6.07, 6.45) is 1.43. The average Bonchev–Trinajstić information content (AvgIpc) is 3.35. The Labute approximate surface area is 229 Å². The SMILES string of the molecule is CCNC(=O)NCC1(C(=O)Nc2ccc(-c3ccccc3S(N)(=O)=O)cn2)CC(c2ccc(Cl)c(N)c2)=NO1. The second-order valence-corrected chi connectivity index (χ2v) is 10.6. The number of hydrogen-bond acceptors (Lipinski definition) is 8. The lowest BCUT2D eigenvalue weighted by Crippen LogP contribution is -2.53. The van der Waals surface area contributed by atoms with Crippen molar-refractivity contribution in [1.29, 1.82) is 0 Å². The number of carbonyl (C=O) groups is 2. The van der Waals surface area contributed by atoms with E-state index >= 15 is 0 Å². The number of nitrogens with one attached hydrogen (secondary N) is 3. The van der Waals surface area contributed by atoms with E-state index in [1.54, 1.807) is 49.4 Å². The summed E-state index contributed by atoms with van der Waals surface area (Å²) in [5, 5.41) is 17.7. The number of halogens is 1. The number of hydrogen-bond donors (Lipinski definition) is 5. The predicted molar refractivity (Wildman–Crippen MR) is 148 cm³/mol. The third kappa shape index (κ3) is 6.28. The monoisotopic (exact) mass is 571 g/mol. The van der Waals surface area contributed by atoms with Crippen molar-refractivity contribution in [2.75, 3.05) is 24.1 Å². The molecule has 2 heterocycles. The lowest BCUT2D eigenvalue weighted by atomic mass is 9.92. The number of nitrogens with zero attached hydrogens (tertiary/aromatic N) is 2. The van der Waals surface area contributed by atoms with Crippen LogP contribution in [0.5, 0.6) is 0 Å². The molecule has 3 aromatic rings. The molecule has 0 bridgehead atoms. The number of carbonyl (C=O) groups excluding carboxylic acids is 2. The quantitative estimate of drug-likeness (QED) is 0.256. The van der Waals surface area contributed by atoms with Gasteiger partial charge in [-0.25, -0.2) is 23.3 Å². The Morgan fingerprint density at radius 1 is 1.10 bits per heavy atom. The number of amides is 3. The van der Waals surface area contributed by atoms with Gasteiger partial charge in [-0.2, -0.15) is 0 Å². The van der Waals surface area contributed by atoms with Gasteiger partial charge in [0.2, 0.25) is 15.6 Å². The average molecular weight is 572 g/mol. The summed E-state index contributed by atoms with van der Waals surface area (Å²) in [5.74, 6) is -0.438. The molecular formula is C25H26ClN7O5S. The zero-order valence-corrected chi connectivity index (χ0v) is 22.3. The molecule has 0 spiro atoms. The molecule has 204 valence electrons. The van der Waals surface area contributed by atoms with E-state index in [0.29, 0.717) is 39.7 Å². The van der Waals surface area contributed by atoms with Crippen LogP contribution in [0.2, 0.25) is 5.02 Å². The number of sulfonamides is 1. The second kappa shape index (κ2) is 11.3. The minimum atomic E-state index is -3.96. The van der Waals surface area contributed by atoms with Gasteiger partial charge in [-0.3, -0.25) is 4.79 Å². The highest BCUT2D eigenvalue weighted by molar-refractivity contribution is 7.89. The lowest BCUT2D eigenvalue weighted by molar-refractivity contribution is -0.137. The van der Waals surface area contributed by atoms with E-state index in [2.05, 4.69) is 26.1 Å². The van der Waals surface area contributed by atoms with Crippen LogP contribution in [-0.4, -0.2) is 49.7 Å². The van der Waals surface area contributed by atoms with E-state index in [4.69, 9.17) is 27.3 Å². The van der Waals surface area contributed by atoms with E-state index in [1.807, 2.05) is 0 Å². The van der Waals surface area contributed by atoms with Crippen molar-refractivity contribution < 1.29 is 22.8 Å². The van der Waals surface area contributed by atoms with Gasteiger partial charge in [-0.1, -0.05) is 41.0 Å². The van der Waals surface area contributed by atoms with Crippen LogP contribution in [0.3, 0.4) is 0 Å². The molecule has 2 aromatic carbocycles. The first-order chi connectivity index (χ1) is 18.5. The van der Waals surface area contributed by atoms with Gasteiger partial charge in [-0.05, 0) is 37.3 Å². The molecule has 0 radical (unpaired) electrons. The number of primary sulfonamides is 1. The summed E-state index contributed by atoms with van der Waals surface area (Å²) >= 11 is 6.02. The van der Waals surface area contributed by atoms with Crippen LogP contribution in [0.25, 0.3) is 11.1 Å². The fourth-order valence-electron chi connectivity index (χ4n) is 3.91. The van der Waals surface area contributed by atoms with Crippen LogP contribution in [-0.2, 0) is 19.7 Å². The maximum absolute atomic E-state index is 13.5. The summed E-state index contributed by atoms with van der Waals surface area (Å²) in [5.41, 5.74) is 6.57. The molecule has 1 aliphatic heterocycles. The molecule has 1 unspecified atom stereocenters. The normalized spacial score (nSPS) is 16.6. The first-order valence-corrected chi connectivity index (χ1v) is 13.7. The molecule has 4 rings (SSSR count). The number of benzene rings is 2. The molecule has 3 amide bonds. The highest BCUT2D eigenvalue weighted by Gasteiger charge is 2.47. The Kier molecular flexibility index (Phi) is 8.04. The maximum Gasteiger partial charge on any atom is 0.314 e. The number of aromatic nitrogens is 1. The van der Waals surface area contributed by atoms with Crippen molar-refractivity contribution in [3.8, 4) is 11.1 Å². The van der Waals surface area contributed by atoms with Crippen molar-refractivity contribution in [3.63, 3.8) is 0 Å². The van der Waals surface area contributed by atoms with E-state index < -0.39 is 27.6 Å². The molecule has 1 aromatic heterocycles. The zero-order chi connectivity index (χ0) is 28.2. The molecule has 0 fully saturated rings. The first-order valence-electron chi connectivity index (χ1n) is 11.7. The number of urea groups is 1. The number of rotatable bonds is 8. The van der Waals surface area contributed by atoms with Gasteiger partial charge in [0.15, 0.2) is 0 Å². The molecule has 39 heavy (non-hydrogen) atoms. The Morgan fingerprint density at radius 3 is 2.51 bits per heavy atom. The van der Waals surface area contributed by atoms with E-state index in [0.717, 1.165) is 0 Å². The summed E-state index contributed by atoms with van der Waals surface area (Å²) in [4.78, 5) is 35.4. The van der Waals surface area contributed by atoms with Crippen LogP contribution in [0.1, 0.15) is 18.9 Å². The van der Waals surface area contributed by atoms with Gasteiger partial charge in [0, 0.05) is 35.9 Å². The van der Waals surface area contributed by atoms with Gasteiger partial charge >= 0.3 is 6.03 Å². The Morgan fingerprint density at radius 2 is 1.85 bits per heavy atom. The van der Waals surface area contributed by atoms with Crippen molar-refractivity contribution >= 4 is 50.8 Å². The number of nitrogen functional groups attached to an aromatic ring is 1. The zero-order valence-electron chi connectivity index (χ0n) is 20.8. The summed E-state index contributed by atoms with van der Waals surface area (Å²) in [6, 6.07) is 13.8. The summed E-state index contributed by atoms with van der Waals surface area (Å²) in [6.45, 7) is 1.96.